The van der Waals surface area contributed by atoms with Crippen LogP contribution in [0, 0.1) is 19.7 Å². The SMILES string of the molecule is Cc1cc(C(=O)COC(=O)[C@H](Cc2ccccc2)NS(=O)(=O)c2ccccc2F)c(C)n1C1CC1. The van der Waals surface area contributed by atoms with E-state index in [9.17, 15) is 22.4 Å². The van der Waals surface area contributed by atoms with Gasteiger partial charge in [0.2, 0.25) is 15.8 Å². The Morgan fingerprint density at radius 3 is 2.40 bits per heavy atom. The van der Waals surface area contributed by atoms with Crippen molar-refractivity contribution in [2.75, 3.05) is 6.61 Å². The van der Waals surface area contributed by atoms with Crippen molar-refractivity contribution < 1.29 is 27.1 Å². The van der Waals surface area contributed by atoms with Crippen molar-refractivity contribution in [3.8, 4) is 0 Å². The summed E-state index contributed by atoms with van der Waals surface area (Å²) < 4.78 is 49.5. The molecule has 1 N–H and O–H groups in total. The summed E-state index contributed by atoms with van der Waals surface area (Å²) in [6.45, 7) is 3.27. The molecule has 0 amide bonds. The lowest BCUT2D eigenvalue weighted by molar-refractivity contribution is -0.144. The van der Waals surface area contributed by atoms with E-state index < -0.39 is 39.4 Å². The minimum absolute atomic E-state index is 0.0300. The van der Waals surface area contributed by atoms with Crippen molar-refractivity contribution in [1.82, 2.24) is 9.29 Å². The van der Waals surface area contributed by atoms with E-state index in [1.807, 2.05) is 13.8 Å². The number of aromatic nitrogens is 1. The van der Waals surface area contributed by atoms with Crippen LogP contribution in [0.3, 0.4) is 0 Å². The summed E-state index contributed by atoms with van der Waals surface area (Å²) in [5.41, 5.74) is 2.95. The van der Waals surface area contributed by atoms with Gasteiger partial charge >= 0.3 is 5.97 Å². The van der Waals surface area contributed by atoms with Crippen molar-refractivity contribution in [1.29, 1.82) is 0 Å². The molecule has 1 saturated carbocycles. The number of nitrogens with one attached hydrogen (secondary N) is 1. The second kappa shape index (κ2) is 10.1. The molecule has 9 heteroatoms. The Labute approximate surface area is 204 Å². The minimum atomic E-state index is -4.37. The van der Waals surface area contributed by atoms with Gasteiger partial charge in [-0.3, -0.25) is 9.59 Å². The number of nitrogens with zero attached hydrogens (tertiary/aromatic N) is 1. The summed E-state index contributed by atoms with van der Waals surface area (Å²) in [6, 6.07) is 14.5. The predicted molar refractivity (Wildman–Crippen MR) is 128 cm³/mol. The standard InChI is InChI=1S/C26H27FN2O5S/c1-17-14-21(18(2)29(17)20-12-13-20)24(30)16-34-26(31)23(15-19-8-4-3-5-9-19)28-35(32,33)25-11-7-6-10-22(25)27/h3-11,14,20,23,28H,12-13,15-16H2,1-2H3/t23-/m0/s1. The fourth-order valence-corrected chi connectivity index (χ4v) is 5.47. The third kappa shape index (κ3) is 5.68. The molecule has 0 radical (unpaired) electrons. The van der Waals surface area contributed by atoms with Crippen molar-refractivity contribution in [3.63, 3.8) is 0 Å². The highest BCUT2D eigenvalue weighted by Crippen LogP contribution is 2.38. The molecule has 1 fully saturated rings. The Balaban J connectivity index is 1.51. The maximum absolute atomic E-state index is 14.2. The number of esters is 1. The molecule has 7 nitrogen and oxygen atoms in total. The summed E-state index contributed by atoms with van der Waals surface area (Å²) in [7, 11) is -4.37. The first-order chi connectivity index (χ1) is 16.7. The van der Waals surface area contributed by atoms with E-state index in [0.29, 0.717) is 17.2 Å². The zero-order valence-electron chi connectivity index (χ0n) is 19.5. The molecule has 3 aromatic rings. The molecule has 0 spiro atoms. The van der Waals surface area contributed by atoms with Crippen molar-refractivity contribution in [2.24, 2.45) is 0 Å². The highest BCUT2D eigenvalue weighted by molar-refractivity contribution is 7.89. The average molecular weight is 499 g/mol. The summed E-state index contributed by atoms with van der Waals surface area (Å²) in [5, 5.41) is 0. The van der Waals surface area contributed by atoms with Crippen LogP contribution in [0.1, 0.15) is 46.2 Å². The number of halogens is 1. The number of rotatable bonds is 10. The van der Waals surface area contributed by atoms with Crippen LogP contribution in [0.15, 0.2) is 65.6 Å². The molecule has 0 unspecified atom stereocenters. The molecule has 1 atom stereocenters. The molecule has 0 bridgehead atoms. The molecule has 4 rings (SSSR count). The lowest BCUT2D eigenvalue weighted by Gasteiger charge is -2.18. The van der Waals surface area contributed by atoms with Gasteiger partial charge in [-0.25, -0.2) is 12.8 Å². The predicted octanol–water partition coefficient (Wildman–Crippen LogP) is 3.89. The van der Waals surface area contributed by atoms with E-state index in [4.69, 9.17) is 4.74 Å². The maximum atomic E-state index is 14.2. The summed E-state index contributed by atoms with van der Waals surface area (Å²) in [4.78, 5) is 25.2. The number of carbonyl (C=O) groups is 2. The third-order valence-electron chi connectivity index (χ3n) is 6.03. The van der Waals surface area contributed by atoms with Gasteiger partial charge < -0.3 is 9.30 Å². The molecule has 1 aliphatic carbocycles. The number of ketones is 1. The first kappa shape index (κ1) is 24.8. The van der Waals surface area contributed by atoms with Crippen LogP contribution in [0.25, 0.3) is 0 Å². The number of hydrogen-bond acceptors (Lipinski definition) is 5. The van der Waals surface area contributed by atoms with Gasteiger partial charge in [-0.1, -0.05) is 42.5 Å². The van der Waals surface area contributed by atoms with Gasteiger partial charge in [-0.15, -0.1) is 0 Å². The Morgan fingerprint density at radius 2 is 1.74 bits per heavy atom. The molecule has 184 valence electrons. The summed E-state index contributed by atoms with van der Waals surface area (Å²) in [5.74, 6) is -2.22. The fraction of sp³-hybridized carbons (Fsp3) is 0.308. The van der Waals surface area contributed by atoms with Crippen LogP contribution in [0.2, 0.25) is 0 Å². The number of hydrogen-bond donors (Lipinski definition) is 1. The first-order valence-electron chi connectivity index (χ1n) is 11.4. The van der Waals surface area contributed by atoms with Crippen LogP contribution in [-0.4, -0.2) is 37.4 Å². The molecule has 1 aromatic heterocycles. The molecular weight excluding hydrogens is 471 g/mol. The van der Waals surface area contributed by atoms with E-state index in [1.165, 1.54) is 12.1 Å². The van der Waals surface area contributed by atoms with Gasteiger partial charge in [-0.2, -0.15) is 4.72 Å². The molecule has 1 heterocycles. The van der Waals surface area contributed by atoms with E-state index >= 15 is 0 Å². The van der Waals surface area contributed by atoms with E-state index in [1.54, 1.807) is 36.4 Å². The topological polar surface area (TPSA) is 94.5 Å². The molecule has 0 aliphatic heterocycles. The van der Waals surface area contributed by atoms with Gasteiger partial charge in [0.25, 0.3) is 0 Å². The van der Waals surface area contributed by atoms with Crippen LogP contribution in [0.4, 0.5) is 4.39 Å². The van der Waals surface area contributed by atoms with Crippen molar-refractivity contribution >= 4 is 21.8 Å². The highest BCUT2D eigenvalue weighted by Gasteiger charge is 2.31. The molecule has 1 aliphatic rings. The Bertz CT molecular complexity index is 1350. The van der Waals surface area contributed by atoms with Gasteiger partial charge in [0, 0.05) is 23.0 Å². The number of carbonyl (C=O) groups excluding carboxylic acids is 2. The number of ether oxygens (including phenoxy) is 1. The summed E-state index contributed by atoms with van der Waals surface area (Å²) in [6.07, 6.45) is 2.11. The second-order valence-electron chi connectivity index (χ2n) is 8.71. The Kier molecular flexibility index (Phi) is 7.18. The van der Waals surface area contributed by atoms with Crippen molar-refractivity contribution in [3.05, 3.63) is 89.0 Å². The first-order valence-corrected chi connectivity index (χ1v) is 12.8. The van der Waals surface area contributed by atoms with E-state index in [-0.39, 0.29) is 12.2 Å². The number of benzene rings is 2. The second-order valence-corrected chi connectivity index (χ2v) is 10.4. The molecule has 35 heavy (non-hydrogen) atoms. The lowest BCUT2D eigenvalue weighted by atomic mass is 10.1. The molecular formula is C26H27FN2O5S. The Hall–Kier alpha value is -3.30. The zero-order chi connectivity index (χ0) is 25.2. The third-order valence-corrected chi connectivity index (χ3v) is 7.54. The number of sulfonamides is 1. The largest absolute Gasteiger partial charge is 0.456 e. The van der Waals surface area contributed by atoms with Gasteiger partial charge in [0.1, 0.15) is 16.8 Å². The van der Waals surface area contributed by atoms with Crippen LogP contribution >= 0.6 is 0 Å². The number of aryl methyl sites for hydroxylation is 1. The summed E-state index contributed by atoms with van der Waals surface area (Å²) >= 11 is 0. The normalized spacial score (nSPS) is 14.5. The molecule has 0 saturated heterocycles. The Morgan fingerprint density at radius 1 is 1.09 bits per heavy atom. The highest BCUT2D eigenvalue weighted by atomic mass is 32.2. The van der Waals surface area contributed by atoms with Crippen LogP contribution in [0.5, 0.6) is 0 Å². The maximum Gasteiger partial charge on any atom is 0.324 e. The van der Waals surface area contributed by atoms with E-state index in [2.05, 4.69) is 9.29 Å². The van der Waals surface area contributed by atoms with Gasteiger partial charge in [0.05, 0.1) is 0 Å². The lowest BCUT2D eigenvalue weighted by Crippen LogP contribution is -2.44. The van der Waals surface area contributed by atoms with Crippen molar-refractivity contribution in [2.45, 2.75) is 50.1 Å². The number of Topliss-reactive ketones (excluding diaryl/α,β-unsaturated/α-hetero) is 1. The smallest absolute Gasteiger partial charge is 0.324 e. The monoisotopic (exact) mass is 498 g/mol. The van der Waals surface area contributed by atoms with Gasteiger partial charge in [0.15, 0.2) is 6.61 Å². The average Bonchev–Trinajstić information content (AvgIpc) is 3.61. The van der Waals surface area contributed by atoms with Crippen LogP contribution < -0.4 is 4.72 Å². The minimum Gasteiger partial charge on any atom is -0.456 e. The van der Waals surface area contributed by atoms with E-state index in [0.717, 1.165) is 36.4 Å². The molecule has 2 aromatic carbocycles. The zero-order valence-corrected chi connectivity index (χ0v) is 20.3. The van der Waals surface area contributed by atoms with Crippen LogP contribution in [-0.2, 0) is 26.0 Å². The van der Waals surface area contributed by atoms with Gasteiger partial charge in [-0.05, 0) is 56.9 Å². The fourth-order valence-electron chi connectivity index (χ4n) is 4.21. The quantitative estimate of drug-likeness (QED) is 0.338.